The Hall–Kier alpha value is 0.890. The van der Waals surface area contributed by atoms with Crippen LogP contribution in [-0.4, -0.2) is 36.9 Å². The number of nitrogens with one attached hydrogen (secondary N) is 1. The van der Waals surface area contributed by atoms with Crippen molar-refractivity contribution in [2.45, 2.75) is 21.4 Å². The van der Waals surface area contributed by atoms with Gasteiger partial charge in [0.1, 0.15) is 0 Å². The number of hydrogen-bond donors (Lipinski definition) is 1. The first kappa shape index (κ1) is 12.0. The third kappa shape index (κ3) is 3.86. The van der Waals surface area contributed by atoms with Crippen molar-refractivity contribution in [1.29, 1.82) is 0 Å². The second-order valence-electron chi connectivity index (χ2n) is 3.18. The van der Waals surface area contributed by atoms with E-state index in [1.54, 1.807) is 6.92 Å². The summed E-state index contributed by atoms with van der Waals surface area (Å²) in [5, 5.41) is 2.98. The zero-order valence-corrected chi connectivity index (χ0v) is 12.2. The van der Waals surface area contributed by atoms with Gasteiger partial charge in [-0.1, -0.05) is 0 Å². The van der Waals surface area contributed by atoms with Gasteiger partial charge in [0.15, 0.2) is 0 Å². The van der Waals surface area contributed by atoms with Crippen LogP contribution in [0.25, 0.3) is 0 Å². The van der Waals surface area contributed by atoms with Gasteiger partial charge in [-0.3, -0.25) is 0 Å². The molecule has 1 heterocycles. The van der Waals surface area contributed by atoms with Gasteiger partial charge in [-0.05, 0) is 0 Å². The Balaban J connectivity index is 2.31. The van der Waals surface area contributed by atoms with Crippen molar-refractivity contribution < 1.29 is 26.0 Å². The summed E-state index contributed by atoms with van der Waals surface area (Å²) in [7, 11) is 0. The first-order valence-corrected chi connectivity index (χ1v) is 8.91. The SMILES string of the molecule is C[I-]C(I)N1CCC(NC(C)=O)C1. The number of nitrogens with zero attached hydrogens (tertiary/aromatic N) is 1. The normalized spacial score (nSPS) is 26.2. The van der Waals surface area contributed by atoms with E-state index < -0.39 is 0 Å². The number of hydrogen-bond acceptors (Lipinski definition) is 2. The van der Waals surface area contributed by atoms with Gasteiger partial charge in [-0.25, -0.2) is 0 Å². The summed E-state index contributed by atoms with van der Waals surface area (Å²) in [4.78, 5) is 15.6. The Bertz CT molecular complexity index is 189. The third-order valence-corrected chi connectivity index (χ3v) is 7.84. The summed E-state index contributed by atoms with van der Waals surface area (Å²) >= 11 is 2.80. The minimum absolute atomic E-state index is 0.100. The van der Waals surface area contributed by atoms with E-state index in [2.05, 4.69) is 37.7 Å². The van der Waals surface area contributed by atoms with Gasteiger partial charge in [-0.2, -0.15) is 0 Å². The Labute approximate surface area is 103 Å². The number of alkyl halides is 3. The van der Waals surface area contributed by atoms with Crippen LogP contribution in [0, 0.1) is 0 Å². The zero-order chi connectivity index (χ0) is 9.84. The molecule has 1 saturated heterocycles. The van der Waals surface area contributed by atoms with E-state index in [4.69, 9.17) is 0 Å². The average molecular weight is 409 g/mol. The molecule has 1 N–H and O–H groups in total. The van der Waals surface area contributed by atoms with Crippen LogP contribution in [-0.2, 0) is 4.79 Å². The predicted molar refractivity (Wildman–Crippen MR) is 57.5 cm³/mol. The molecule has 0 spiro atoms. The van der Waals surface area contributed by atoms with Gasteiger partial charge in [0.2, 0.25) is 0 Å². The second-order valence-corrected chi connectivity index (χ2v) is 9.17. The van der Waals surface area contributed by atoms with Crippen LogP contribution in [0.1, 0.15) is 13.3 Å². The van der Waals surface area contributed by atoms with Gasteiger partial charge < -0.3 is 0 Å². The van der Waals surface area contributed by atoms with E-state index in [1.807, 2.05) is 0 Å². The van der Waals surface area contributed by atoms with Crippen molar-refractivity contribution in [2.75, 3.05) is 18.0 Å². The molecular formula is C8H15I2N2O-. The summed E-state index contributed by atoms with van der Waals surface area (Å²) < 4.78 is 0.732. The molecule has 0 bridgehead atoms. The first-order chi connectivity index (χ1) is 6.13. The van der Waals surface area contributed by atoms with Crippen LogP contribution in [0.15, 0.2) is 0 Å². The fourth-order valence-electron chi connectivity index (χ4n) is 1.51. The van der Waals surface area contributed by atoms with Gasteiger partial charge in [0, 0.05) is 0 Å². The summed E-state index contributed by atoms with van der Waals surface area (Å²) in [6, 6.07) is 0.394. The van der Waals surface area contributed by atoms with E-state index in [0.29, 0.717) is 27.2 Å². The van der Waals surface area contributed by atoms with Crippen molar-refractivity contribution in [3.63, 3.8) is 0 Å². The number of amides is 1. The Morgan fingerprint density at radius 1 is 1.77 bits per heavy atom. The van der Waals surface area contributed by atoms with Crippen LogP contribution in [0.3, 0.4) is 0 Å². The molecule has 5 heteroatoms. The first-order valence-electron chi connectivity index (χ1n) is 4.26. The molecule has 2 unspecified atom stereocenters. The predicted octanol–water partition coefficient (Wildman–Crippen LogP) is -2.37. The fraction of sp³-hybridized carbons (Fsp3) is 0.875. The van der Waals surface area contributed by atoms with Crippen molar-refractivity contribution in [3.8, 4) is 0 Å². The maximum absolute atomic E-state index is 10.8. The summed E-state index contributed by atoms with van der Waals surface area (Å²) in [5.41, 5.74) is 0. The molecule has 0 aromatic rings. The maximum atomic E-state index is 10.8. The van der Waals surface area contributed by atoms with Gasteiger partial charge in [0.25, 0.3) is 0 Å². The Morgan fingerprint density at radius 3 is 3.00 bits per heavy atom. The molecule has 0 saturated carbocycles. The standard InChI is InChI=1S/C8H15I2N2O/c1-6(13)11-7-3-4-12(5-7)8(9)10-2/h7-8H,3-5H2,1-2H3,(H,11,13)/q-1. The van der Waals surface area contributed by atoms with E-state index in [1.165, 1.54) is 0 Å². The van der Waals surface area contributed by atoms with E-state index >= 15 is 0 Å². The quantitative estimate of drug-likeness (QED) is 0.322. The molecule has 1 aliphatic heterocycles. The van der Waals surface area contributed by atoms with Crippen molar-refractivity contribution in [2.24, 2.45) is 0 Å². The van der Waals surface area contributed by atoms with Gasteiger partial charge >= 0.3 is 104 Å². The molecule has 0 aliphatic carbocycles. The molecule has 1 fully saturated rings. The van der Waals surface area contributed by atoms with Crippen molar-refractivity contribution in [3.05, 3.63) is 0 Å². The molecule has 1 rings (SSSR count). The van der Waals surface area contributed by atoms with Crippen LogP contribution in [0.2, 0.25) is 0 Å². The molecule has 78 valence electrons. The van der Waals surface area contributed by atoms with Crippen molar-refractivity contribution in [1.82, 2.24) is 10.2 Å². The van der Waals surface area contributed by atoms with Crippen LogP contribution >= 0.6 is 22.6 Å². The number of carbonyl (C=O) groups excluding carboxylic acids is 1. The topological polar surface area (TPSA) is 32.3 Å². The Morgan fingerprint density at radius 2 is 2.46 bits per heavy atom. The average Bonchev–Trinajstić information content (AvgIpc) is 2.50. The fourth-order valence-corrected chi connectivity index (χ4v) is 3.31. The molecule has 13 heavy (non-hydrogen) atoms. The van der Waals surface area contributed by atoms with Gasteiger partial charge in [-0.15, -0.1) is 0 Å². The molecule has 1 amide bonds. The molecular weight excluding hydrogens is 394 g/mol. The number of likely N-dealkylation sites (tertiary alicyclic amines) is 1. The Kier molecular flexibility index (Phi) is 5.24. The van der Waals surface area contributed by atoms with Crippen molar-refractivity contribution >= 4 is 28.5 Å². The molecule has 0 aromatic heterocycles. The molecule has 1 aliphatic rings. The van der Waals surface area contributed by atoms with Crippen LogP contribution in [0.5, 0.6) is 0 Å². The monoisotopic (exact) mass is 409 g/mol. The summed E-state index contributed by atoms with van der Waals surface area (Å²) in [5.74, 6) is 0.100. The van der Waals surface area contributed by atoms with Crippen LogP contribution in [0.4, 0.5) is 0 Å². The van der Waals surface area contributed by atoms with E-state index in [0.717, 1.165) is 21.6 Å². The van der Waals surface area contributed by atoms with Gasteiger partial charge in [0.05, 0.1) is 0 Å². The van der Waals surface area contributed by atoms with E-state index in [9.17, 15) is 4.79 Å². The molecule has 2 atom stereocenters. The number of carbonyl (C=O) groups is 1. The number of halogens is 2. The van der Waals surface area contributed by atoms with E-state index in [-0.39, 0.29) is 5.91 Å². The minimum atomic E-state index is 0.100. The van der Waals surface area contributed by atoms with Crippen LogP contribution < -0.4 is 26.5 Å². The molecule has 3 nitrogen and oxygen atoms in total. The zero-order valence-electron chi connectivity index (χ0n) is 7.89. The second kappa shape index (κ2) is 5.69. The molecule has 0 aromatic carbocycles. The summed E-state index contributed by atoms with van der Waals surface area (Å²) in [6.45, 7) is 3.78. The summed E-state index contributed by atoms with van der Waals surface area (Å²) in [6.07, 6.45) is 1.11. The third-order valence-electron chi connectivity index (χ3n) is 2.08. The molecule has 0 radical (unpaired) electrons. The number of rotatable bonds is 3.